The van der Waals surface area contributed by atoms with Gasteiger partial charge in [-0.3, -0.25) is 0 Å². The van der Waals surface area contributed by atoms with Gasteiger partial charge in [0.25, 0.3) is 0 Å². The highest BCUT2D eigenvalue weighted by atomic mass is 15.3. The summed E-state index contributed by atoms with van der Waals surface area (Å²) >= 11 is 0. The molecule has 0 bridgehead atoms. The lowest BCUT2D eigenvalue weighted by Crippen LogP contribution is -1.81. The summed E-state index contributed by atoms with van der Waals surface area (Å²) < 4.78 is 0. The first-order valence-corrected chi connectivity index (χ1v) is 1.43. The van der Waals surface area contributed by atoms with Gasteiger partial charge in [0.1, 0.15) is 0 Å². The highest BCUT2D eigenvalue weighted by molar-refractivity contribution is 5.16. The number of aromatic nitrogens is 3. The van der Waals surface area contributed by atoms with E-state index in [-0.39, 0.29) is 0 Å². The summed E-state index contributed by atoms with van der Waals surface area (Å²) in [6, 6.07) is 0. The van der Waals surface area contributed by atoms with Crippen LogP contribution < -0.4 is 5.73 Å². The summed E-state index contributed by atoms with van der Waals surface area (Å²) in [5.41, 5.74) is 5.02. The number of hydrogen-bond acceptors (Lipinski definition) is 3. The zero-order valence-corrected chi connectivity index (χ0v) is 2.97. The van der Waals surface area contributed by atoms with Crippen LogP contribution in [0.1, 0.15) is 0 Å². The van der Waals surface area contributed by atoms with E-state index in [0.29, 0.717) is 5.82 Å². The van der Waals surface area contributed by atoms with Crippen LogP contribution in [0.4, 0.5) is 5.82 Å². The third-order valence-corrected chi connectivity index (χ3v) is 0.391. The Kier molecular flexibility index (Phi) is 0.506. The molecule has 3 N–H and O–H groups in total. The Hall–Kier alpha value is -1.06. The quantitative estimate of drug-likeness (QED) is 0.431. The molecule has 1 heterocycles. The molecular formula is C2H3N4. The topological polar surface area (TPSA) is 67.6 Å². The van der Waals surface area contributed by atoms with E-state index in [1.54, 1.807) is 0 Å². The maximum absolute atomic E-state index is 5.02. The standard InChI is InChI=1S/C2H3N4/c3-2-1-4-6-5-2/h(H3,3,4,5,6). The van der Waals surface area contributed by atoms with Gasteiger partial charge >= 0.3 is 0 Å². The van der Waals surface area contributed by atoms with Crippen LogP contribution in [-0.2, 0) is 0 Å². The van der Waals surface area contributed by atoms with Crippen LogP contribution in [-0.4, -0.2) is 15.4 Å². The van der Waals surface area contributed by atoms with Crippen molar-refractivity contribution in [2.24, 2.45) is 0 Å². The second-order valence-electron chi connectivity index (χ2n) is 0.821. The van der Waals surface area contributed by atoms with Gasteiger partial charge in [-0.15, -0.1) is 5.10 Å². The summed E-state index contributed by atoms with van der Waals surface area (Å²) in [5, 5.41) is 8.99. The lowest BCUT2D eigenvalue weighted by molar-refractivity contribution is 0.941. The van der Waals surface area contributed by atoms with Gasteiger partial charge in [0, 0.05) is 0 Å². The molecule has 0 saturated heterocycles. The minimum atomic E-state index is 0.301. The molecule has 1 rings (SSSR count). The van der Waals surface area contributed by atoms with E-state index in [2.05, 4.69) is 21.6 Å². The lowest BCUT2D eigenvalue weighted by Gasteiger charge is -1.64. The molecule has 0 aliphatic carbocycles. The molecule has 1 aromatic heterocycles. The minimum absolute atomic E-state index is 0.301. The van der Waals surface area contributed by atoms with Crippen LogP contribution >= 0.6 is 0 Å². The Morgan fingerprint density at radius 3 is 2.83 bits per heavy atom. The summed E-state index contributed by atoms with van der Waals surface area (Å²) in [4.78, 5) is 0. The fourth-order valence-corrected chi connectivity index (χ4v) is 0.186. The molecule has 4 heteroatoms. The van der Waals surface area contributed by atoms with Gasteiger partial charge < -0.3 is 5.73 Å². The van der Waals surface area contributed by atoms with Gasteiger partial charge in [-0.1, -0.05) is 0 Å². The summed E-state index contributed by atoms with van der Waals surface area (Å²) in [6.07, 6.45) is 2.36. The minimum Gasteiger partial charge on any atom is -0.380 e. The van der Waals surface area contributed by atoms with Crippen LogP contribution in [0.25, 0.3) is 0 Å². The van der Waals surface area contributed by atoms with Crippen molar-refractivity contribution in [2.45, 2.75) is 0 Å². The molecule has 4 nitrogen and oxygen atoms in total. The fraction of sp³-hybridized carbons (Fsp3) is 0. The zero-order chi connectivity index (χ0) is 4.41. The molecule has 1 radical (unpaired) electrons. The Balaban J connectivity index is 3.05. The van der Waals surface area contributed by atoms with Crippen LogP contribution in [0.15, 0.2) is 0 Å². The molecule has 0 amide bonds. The van der Waals surface area contributed by atoms with Crippen molar-refractivity contribution in [2.75, 3.05) is 5.73 Å². The van der Waals surface area contributed by atoms with Crippen LogP contribution in [0.5, 0.6) is 0 Å². The van der Waals surface area contributed by atoms with Crippen LogP contribution in [0.2, 0.25) is 0 Å². The van der Waals surface area contributed by atoms with E-state index < -0.39 is 0 Å². The first-order valence-electron chi connectivity index (χ1n) is 1.43. The van der Waals surface area contributed by atoms with Gasteiger partial charge in [0.15, 0.2) is 12.0 Å². The van der Waals surface area contributed by atoms with Crippen molar-refractivity contribution in [3.8, 4) is 0 Å². The van der Waals surface area contributed by atoms with Gasteiger partial charge in [-0.25, -0.2) is 0 Å². The van der Waals surface area contributed by atoms with Crippen molar-refractivity contribution in [3.63, 3.8) is 0 Å². The number of hydrogen-bond donors (Lipinski definition) is 2. The first-order chi connectivity index (χ1) is 2.89. The number of aromatic amines is 1. The molecule has 0 aliphatic rings. The molecule has 0 atom stereocenters. The molecule has 0 unspecified atom stereocenters. The van der Waals surface area contributed by atoms with E-state index in [1.807, 2.05) is 0 Å². The van der Waals surface area contributed by atoms with E-state index in [0.717, 1.165) is 0 Å². The number of nitrogens with zero attached hydrogens (tertiary/aromatic N) is 2. The molecule has 0 spiro atoms. The Labute approximate surface area is 34.4 Å². The highest BCUT2D eigenvalue weighted by Gasteiger charge is 1.78. The third kappa shape index (κ3) is 0.314. The molecule has 1 aromatic rings. The molecule has 6 heavy (non-hydrogen) atoms. The van der Waals surface area contributed by atoms with Crippen LogP contribution in [0, 0.1) is 6.20 Å². The van der Waals surface area contributed by atoms with E-state index in [1.165, 1.54) is 0 Å². The number of nitrogens with one attached hydrogen (secondary N) is 1. The van der Waals surface area contributed by atoms with E-state index >= 15 is 0 Å². The van der Waals surface area contributed by atoms with Gasteiger partial charge in [-0.05, 0) is 0 Å². The van der Waals surface area contributed by atoms with E-state index in [4.69, 9.17) is 5.73 Å². The summed E-state index contributed by atoms with van der Waals surface area (Å²) in [6.45, 7) is 0. The maximum Gasteiger partial charge on any atom is 0.175 e. The first kappa shape index (κ1) is 3.14. The zero-order valence-electron chi connectivity index (χ0n) is 2.97. The fourth-order valence-electron chi connectivity index (χ4n) is 0.186. The molecule has 31 valence electrons. The second-order valence-corrected chi connectivity index (χ2v) is 0.821. The molecule has 0 aliphatic heterocycles. The monoisotopic (exact) mass is 83.0 g/mol. The Morgan fingerprint density at radius 2 is 2.67 bits per heavy atom. The summed E-state index contributed by atoms with van der Waals surface area (Å²) in [7, 11) is 0. The van der Waals surface area contributed by atoms with Gasteiger partial charge in [-0.2, -0.15) is 10.3 Å². The normalized spacial score (nSPS) is 8.67. The Bertz CT molecular complexity index is 109. The average molecular weight is 83.1 g/mol. The SMILES string of the molecule is Nc1[c]n[nH]n1. The van der Waals surface area contributed by atoms with Gasteiger partial charge in [0.2, 0.25) is 0 Å². The number of rotatable bonds is 0. The number of nitrogens with two attached hydrogens (primary N) is 1. The average Bonchev–Trinajstić information content (AvgIpc) is 1.86. The number of anilines is 1. The van der Waals surface area contributed by atoms with E-state index in [9.17, 15) is 0 Å². The second kappa shape index (κ2) is 0.965. The predicted molar refractivity (Wildman–Crippen MR) is 19.6 cm³/mol. The predicted octanol–water partition coefficient (Wildman–Crippen LogP) is -0.813. The maximum atomic E-state index is 5.02. The molecular weight excluding hydrogens is 80.0 g/mol. The number of nitrogen functional groups attached to an aromatic ring is 1. The Morgan fingerprint density at radius 1 is 1.83 bits per heavy atom. The smallest absolute Gasteiger partial charge is 0.175 e. The number of H-pyrrole nitrogens is 1. The lowest BCUT2D eigenvalue weighted by atomic mass is 10.8. The van der Waals surface area contributed by atoms with Crippen LogP contribution in [0.3, 0.4) is 0 Å². The van der Waals surface area contributed by atoms with Crippen molar-refractivity contribution in [3.05, 3.63) is 6.20 Å². The molecule has 0 aromatic carbocycles. The highest BCUT2D eigenvalue weighted by Crippen LogP contribution is 1.79. The summed E-state index contributed by atoms with van der Waals surface area (Å²) in [5.74, 6) is 0.301. The molecule has 0 saturated carbocycles. The van der Waals surface area contributed by atoms with Gasteiger partial charge in [0.05, 0.1) is 0 Å². The van der Waals surface area contributed by atoms with Crippen molar-refractivity contribution >= 4 is 5.82 Å². The largest absolute Gasteiger partial charge is 0.380 e. The molecule has 0 fully saturated rings. The van der Waals surface area contributed by atoms with Crippen molar-refractivity contribution < 1.29 is 0 Å². The van der Waals surface area contributed by atoms with Crippen molar-refractivity contribution in [1.29, 1.82) is 0 Å². The van der Waals surface area contributed by atoms with Crippen molar-refractivity contribution in [1.82, 2.24) is 15.4 Å². The third-order valence-electron chi connectivity index (χ3n) is 0.391.